The lowest BCUT2D eigenvalue weighted by atomic mass is 9.97. The highest BCUT2D eigenvalue weighted by Crippen LogP contribution is 2.26. The first kappa shape index (κ1) is 12.8. The fourth-order valence-corrected chi connectivity index (χ4v) is 2.09. The number of halogens is 1. The number of piperidine rings is 1. The molecule has 1 fully saturated rings. The highest BCUT2D eigenvalue weighted by molar-refractivity contribution is 5.94. The van der Waals surface area contributed by atoms with Crippen molar-refractivity contribution in [1.29, 1.82) is 0 Å². The van der Waals surface area contributed by atoms with Crippen LogP contribution in [0, 0.1) is 11.7 Å². The van der Waals surface area contributed by atoms with Crippen LogP contribution in [0.25, 0.3) is 0 Å². The van der Waals surface area contributed by atoms with Gasteiger partial charge in [-0.3, -0.25) is 4.79 Å². The number of methoxy groups -OCH3 is 1. The molecule has 1 aliphatic rings. The molecule has 18 heavy (non-hydrogen) atoms. The van der Waals surface area contributed by atoms with Gasteiger partial charge in [0.25, 0.3) is 0 Å². The van der Waals surface area contributed by atoms with E-state index in [1.807, 2.05) is 0 Å². The van der Waals surface area contributed by atoms with Gasteiger partial charge in [0.15, 0.2) is 0 Å². The second-order valence-electron chi connectivity index (χ2n) is 4.36. The van der Waals surface area contributed by atoms with Gasteiger partial charge in [0.2, 0.25) is 5.91 Å². The second kappa shape index (κ2) is 5.82. The lowest BCUT2D eigenvalue weighted by Gasteiger charge is -2.22. The van der Waals surface area contributed by atoms with Crippen molar-refractivity contribution < 1.29 is 13.9 Å². The predicted molar refractivity (Wildman–Crippen MR) is 67.2 cm³/mol. The summed E-state index contributed by atoms with van der Waals surface area (Å²) in [4.78, 5) is 12.0. The van der Waals surface area contributed by atoms with Crippen molar-refractivity contribution in [3.05, 3.63) is 24.0 Å². The summed E-state index contributed by atoms with van der Waals surface area (Å²) in [6.07, 6.45) is 1.66. The van der Waals surface area contributed by atoms with Crippen LogP contribution in [0.15, 0.2) is 18.2 Å². The van der Waals surface area contributed by atoms with E-state index in [0.717, 1.165) is 25.9 Å². The summed E-state index contributed by atoms with van der Waals surface area (Å²) >= 11 is 0. The molecule has 2 N–H and O–H groups in total. The summed E-state index contributed by atoms with van der Waals surface area (Å²) in [5.41, 5.74) is 0.516. The van der Waals surface area contributed by atoms with Crippen LogP contribution in [-0.4, -0.2) is 26.1 Å². The number of anilines is 1. The molecule has 1 aromatic carbocycles. The van der Waals surface area contributed by atoms with Gasteiger partial charge in [0.05, 0.1) is 12.8 Å². The van der Waals surface area contributed by atoms with Crippen LogP contribution in [-0.2, 0) is 4.79 Å². The fraction of sp³-hybridized carbons (Fsp3) is 0.462. The third-order valence-corrected chi connectivity index (χ3v) is 3.13. The average molecular weight is 252 g/mol. The molecule has 2 rings (SSSR count). The van der Waals surface area contributed by atoms with Gasteiger partial charge < -0.3 is 15.4 Å². The van der Waals surface area contributed by atoms with Crippen molar-refractivity contribution in [2.45, 2.75) is 12.8 Å². The van der Waals surface area contributed by atoms with E-state index in [-0.39, 0.29) is 17.6 Å². The van der Waals surface area contributed by atoms with E-state index < -0.39 is 0 Å². The minimum absolute atomic E-state index is 0.0148. The second-order valence-corrected chi connectivity index (χ2v) is 4.36. The lowest BCUT2D eigenvalue weighted by Crippen LogP contribution is -2.34. The van der Waals surface area contributed by atoms with Crippen LogP contribution in [0.2, 0.25) is 0 Å². The van der Waals surface area contributed by atoms with Crippen LogP contribution in [0.4, 0.5) is 10.1 Å². The first-order valence-corrected chi connectivity index (χ1v) is 6.06. The Kier molecular flexibility index (Phi) is 4.15. The molecular formula is C13H17FN2O2. The van der Waals surface area contributed by atoms with Gasteiger partial charge in [0.1, 0.15) is 11.6 Å². The fourth-order valence-electron chi connectivity index (χ4n) is 2.09. The smallest absolute Gasteiger partial charge is 0.227 e. The number of nitrogens with one attached hydrogen (secondary N) is 2. The molecule has 0 bridgehead atoms. The molecule has 4 nitrogen and oxygen atoms in total. The van der Waals surface area contributed by atoms with Crippen molar-refractivity contribution in [3.63, 3.8) is 0 Å². The van der Waals surface area contributed by atoms with E-state index in [4.69, 9.17) is 4.74 Å². The van der Waals surface area contributed by atoms with Crippen molar-refractivity contribution >= 4 is 11.6 Å². The number of amides is 1. The molecular weight excluding hydrogens is 235 g/mol. The monoisotopic (exact) mass is 252 g/mol. The van der Waals surface area contributed by atoms with Gasteiger partial charge in [-0.2, -0.15) is 0 Å². The molecule has 0 saturated carbocycles. The highest BCUT2D eigenvalue weighted by atomic mass is 19.1. The molecule has 1 aromatic rings. The first-order valence-electron chi connectivity index (χ1n) is 6.06. The molecule has 0 aliphatic carbocycles. The molecule has 0 atom stereocenters. The standard InChI is InChI=1S/C13H17FN2O2/c1-18-12-8-10(14)2-3-11(12)16-13(17)9-4-6-15-7-5-9/h2-3,8-9,15H,4-7H2,1H3,(H,16,17). The van der Waals surface area contributed by atoms with E-state index in [1.165, 1.54) is 25.3 Å². The Labute approximate surface area is 106 Å². The first-order chi connectivity index (χ1) is 8.70. The van der Waals surface area contributed by atoms with Gasteiger partial charge in [-0.1, -0.05) is 0 Å². The molecule has 0 aromatic heterocycles. The van der Waals surface area contributed by atoms with Crippen LogP contribution in [0.5, 0.6) is 5.75 Å². The molecule has 1 heterocycles. The molecule has 0 spiro atoms. The molecule has 0 radical (unpaired) electrons. The van der Waals surface area contributed by atoms with E-state index in [9.17, 15) is 9.18 Å². The summed E-state index contributed by atoms with van der Waals surface area (Å²) in [6, 6.07) is 4.09. The normalized spacial score (nSPS) is 16.3. The van der Waals surface area contributed by atoms with Crippen molar-refractivity contribution in [2.75, 3.05) is 25.5 Å². The van der Waals surface area contributed by atoms with Crippen LogP contribution >= 0.6 is 0 Å². The average Bonchev–Trinajstić information content (AvgIpc) is 2.41. The number of carbonyl (C=O) groups excluding carboxylic acids is 1. The van der Waals surface area contributed by atoms with E-state index in [0.29, 0.717) is 11.4 Å². The van der Waals surface area contributed by atoms with E-state index >= 15 is 0 Å². The Morgan fingerprint density at radius 2 is 2.17 bits per heavy atom. The summed E-state index contributed by atoms with van der Waals surface area (Å²) < 4.78 is 18.1. The van der Waals surface area contributed by atoms with Crippen LogP contribution in [0.1, 0.15) is 12.8 Å². The lowest BCUT2D eigenvalue weighted by molar-refractivity contribution is -0.120. The zero-order chi connectivity index (χ0) is 13.0. The summed E-state index contributed by atoms with van der Waals surface area (Å²) in [7, 11) is 1.45. The van der Waals surface area contributed by atoms with Crippen LogP contribution in [0.3, 0.4) is 0 Å². The predicted octanol–water partition coefficient (Wildman–Crippen LogP) is 1.77. The van der Waals surface area contributed by atoms with Gasteiger partial charge in [-0.15, -0.1) is 0 Å². The van der Waals surface area contributed by atoms with Gasteiger partial charge >= 0.3 is 0 Å². The molecule has 1 amide bonds. The maximum absolute atomic E-state index is 13.0. The zero-order valence-electron chi connectivity index (χ0n) is 10.3. The summed E-state index contributed by atoms with van der Waals surface area (Å²) in [6.45, 7) is 1.72. The molecule has 1 aliphatic heterocycles. The number of rotatable bonds is 3. The number of ether oxygens (including phenoxy) is 1. The minimum atomic E-state index is -0.383. The maximum atomic E-state index is 13.0. The number of carbonyl (C=O) groups is 1. The van der Waals surface area contributed by atoms with Gasteiger partial charge in [-0.05, 0) is 38.1 Å². The molecule has 5 heteroatoms. The van der Waals surface area contributed by atoms with E-state index in [1.54, 1.807) is 0 Å². The van der Waals surface area contributed by atoms with E-state index in [2.05, 4.69) is 10.6 Å². The van der Waals surface area contributed by atoms with Crippen molar-refractivity contribution in [2.24, 2.45) is 5.92 Å². The number of hydrogen-bond donors (Lipinski definition) is 2. The largest absolute Gasteiger partial charge is 0.494 e. The molecule has 0 unspecified atom stereocenters. The Balaban J connectivity index is 2.06. The Morgan fingerprint density at radius 3 is 2.83 bits per heavy atom. The maximum Gasteiger partial charge on any atom is 0.227 e. The van der Waals surface area contributed by atoms with Gasteiger partial charge in [0, 0.05) is 12.0 Å². The van der Waals surface area contributed by atoms with Crippen molar-refractivity contribution in [3.8, 4) is 5.75 Å². The summed E-state index contributed by atoms with van der Waals surface area (Å²) in [5, 5.41) is 6.01. The number of hydrogen-bond acceptors (Lipinski definition) is 3. The highest BCUT2D eigenvalue weighted by Gasteiger charge is 2.21. The Bertz CT molecular complexity index is 431. The number of benzene rings is 1. The zero-order valence-corrected chi connectivity index (χ0v) is 10.3. The summed E-state index contributed by atoms with van der Waals surface area (Å²) in [5.74, 6) is -0.0496. The Morgan fingerprint density at radius 1 is 1.44 bits per heavy atom. The third-order valence-electron chi connectivity index (χ3n) is 3.13. The van der Waals surface area contributed by atoms with Crippen molar-refractivity contribution in [1.82, 2.24) is 5.32 Å². The minimum Gasteiger partial charge on any atom is -0.494 e. The third kappa shape index (κ3) is 2.98. The Hall–Kier alpha value is -1.62. The molecule has 98 valence electrons. The topological polar surface area (TPSA) is 50.4 Å². The molecule has 1 saturated heterocycles. The SMILES string of the molecule is COc1cc(F)ccc1NC(=O)C1CCNCC1. The van der Waals surface area contributed by atoms with Crippen LogP contribution < -0.4 is 15.4 Å². The quantitative estimate of drug-likeness (QED) is 0.862. The van der Waals surface area contributed by atoms with Gasteiger partial charge in [-0.25, -0.2) is 4.39 Å².